The smallest absolute Gasteiger partial charge is 0.422 e. The van der Waals surface area contributed by atoms with Gasteiger partial charge in [0.1, 0.15) is 5.56 Å². The molecule has 0 bridgehead atoms. The average molecular weight is 385 g/mol. The van der Waals surface area contributed by atoms with Gasteiger partial charge in [-0.15, -0.1) is 0 Å². The van der Waals surface area contributed by atoms with Crippen LogP contribution in [0.3, 0.4) is 0 Å². The Balaban J connectivity index is 1.88. The molecule has 27 heavy (non-hydrogen) atoms. The number of carbonyl (C=O) groups is 1. The van der Waals surface area contributed by atoms with Crippen LogP contribution in [0.15, 0.2) is 12.3 Å². The number of nitrogens with two attached hydrogens (primary N) is 1. The lowest BCUT2D eigenvalue weighted by atomic mass is 9.76. The molecule has 0 unspecified atom stereocenters. The second kappa shape index (κ2) is 6.96. The molecule has 1 aromatic heterocycles. The van der Waals surface area contributed by atoms with Crippen molar-refractivity contribution in [3.8, 4) is 0 Å². The van der Waals surface area contributed by atoms with E-state index in [9.17, 15) is 23.2 Å². The van der Waals surface area contributed by atoms with Crippen LogP contribution >= 0.6 is 0 Å². The molecule has 1 amide bonds. The topological polar surface area (TPSA) is 73.3 Å². The van der Waals surface area contributed by atoms with Gasteiger partial charge in [-0.3, -0.25) is 4.79 Å². The number of alkyl halides is 3. The fraction of sp³-hybridized carbons (Fsp3) is 0.684. The lowest BCUT2D eigenvalue weighted by Crippen LogP contribution is -2.49. The number of pyridine rings is 1. The molecule has 1 fully saturated rings. The molecule has 0 radical (unpaired) electrons. The van der Waals surface area contributed by atoms with Gasteiger partial charge < -0.3 is 15.8 Å². The van der Waals surface area contributed by atoms with E-state index < -0.39 is 17.2 Å². The maximum absolute atomic E-state index is 13.3. The third kappa shape index (κ3) is 3.90. The predicted molar refractivity (Wildman–Crippen MR) is 93.2 cm³/mol. The van der Waals surface area contributed by atoms with Crippen molar-refractivity contribution in [2.24, 2.45) is 17.1 Å². The summed E-state index contributed by atoms with van der Waals surface area (Å²) in [5.41, 5.74) is 5.15. The Morgan fingerprint density at radius 3 is 2.74 bits per heavy atom. The maximum Gasteiger partial charge on any atom is 0.422 e. The molecule has 150 valence electrons. The first kappa shape index (κ1) is 19.9. The molecule has 0 saturated heterocycles. The Bertz CT molecular complexity index is 736. The molecule has 5 nitrogen and oxygen atoms in total. The van der Waals surface area contributed by atoms with Gasteiger partial charge in [0.15, 0.2) is 11.9 Å². The maximum atomic E-state index is 13.3. The molecule has 1 aromatic rings. The van der Waals surface area contributed by atoms with Crippen LogP contribution in [0.1, 0.15) is 56.4 Å². The molecule has 2 aliphatic rings. The molecule has 0 aromatic carbocycles. The van der Waals surface area contributed by atoms with E-state index in [1.165, 1.54) is 0 Å². The summed E-state index contributed by atoms with van der Waals surface area (Å²) in [5.74, 6) is 0.279. The van der Waals surface area contributed by atoms with Crippen LogP contribution in [0.5, 0.6) is 0 Å². The summed E-state index contributed by atoms with van der Waals surface area (Å²) in [6.07, 6.45) is -0.950. The number of halogens is 3. The van der Waals surface area contributed by atoms with Crippen molar-refractivity contribution in [1.29, 1.82) is 0 Å². The van der Waals surface area contributed by atoms with Crippen molar-refractivity contribution in [3.63, 3.8) is 0 Å². The van der Waals surface area contributed by atoms with Crippen LogP contribution in [-0.4, -0.2) is 23.4 Å². The second-order valence-electron chi connectivity index (χ2n) is 8.38. The highest BCUT2D eigenvalue weighted by molar-refractivity contribution is 5.83. The minimum absolute atomic E-state index is 0.0228. The van der Waals surface area contributed by atoms with Crippen molar-refractivity contribution in [2.45, 2.75) is 64.7 Å². The van der Waals surface area contributed by atoms with Gasteiger partial charge in [0.2, 0.25) is 5.91 Å². The number of carbonyl (C=O) groups excluding carboxylic acids is 1. The highest BCUT2D eigenvalue weighted by Gasteiger charge is 2.47. The van der Waals surface area contributed by atoms with Gasteiger partial charge in [0.05, 0.1) is 18.4 Å². The van der Waals surface area contributed by atoms with Crippen molar-refractivity contribution < 1.29 is 22.7 Å². The molecule has 8 heteroatoms. The highest BCUT2D eigenvalue weighted by Crippen LogP contribution is 2.45. The number of rotatable bonds is 3. The third-order valence-corrected chi connectivity index (χ3v) is 5.72. The normalized spacial score (nSPS) is 25.7. The third-order valence-electron chi connectivity index (χ3n) is 5.72. The molecule has 1 aliphatic heterocycles. The highest BCUT2D eigenvalue weighted by atomic mass is 19.4. The van der Waals surface area contributed by atoms with Crippen molar-refractivity contribution >= 4 is 5.91 Å². The fourth-order valence-electron chi connectivity index (χ4n) is 4.67. The standard InChI is InChI=1S/C19H26F3N3O2/c1-12(2)8-18(5-3-15(23)9-18)17(26)24-6-4-16-13(10-24)7-14(11-25(16)27)19(20,21)22/h7,11-12,15H,3-6,8-10,23H2,1-2H3/t15-,18-/m1/s1. The first-order valence-corrected chi connectivity index (χ1v) is 9.39. The van der Waals surface area contributed by atoms with Crippen LogP contribution in [0.25, 0.3) is 0 Å². The number of nitrogens with zero attached hydrogens (tertiary/aromatic N) is 2. The number of amides is 1. The minimum Gasteiger partial charge on any atom is -0.618 e. The zero-order valence-electron chi connectivity index (χ0n) is 15.7. The van der Waals surface area contributed by atoms with Crippen LogP contribution in [0, 0.1) is 16.5 Å². The molecule has 2 heterocycles. The van der Waals surface area contributed by atoms with Crippen molar-refractivity contribution in [3.05, 3.63) is 34.3 Å². The molecule has 0 spiro atoms. The number of hydrogen-bond acceptors (Lipinski definition) is 3. The van der Waals surface area contributed by atoms with E-state index in [0.717, 1.165) is 12.5 Å². The van der Waals surface area contributed by atoms with E-state index in [2.05, 4.69) is 13.8 Å². The van der Waals surface area contributed by atoms with E-state index >= 15 is 0 Å². The summed E-state index contributed by atoms with van der Waals surface area (Å²) in [5, 5.41) is 12.0. The first-order valence-electron chi connectivity index (χ1n) is 9.39. The second-order valence-corrected chi connectivity index (χ2v) is 8.38. The Morgan fingerprint density at radius 2 is 2.19 bits per heavy atom. The molecule has 1 saturated carbocycles. The Kier molecular flexibility index (Phi) is 5.14. The molecule has 2 atom stereocenters. The molecular weight excluding hydrogens is 359 g/mol. The van der Waals surface area contributed by atoms with Crippen LogP contribution in [0.2, 0.25) is 0 Å². The van der Waals surface area contributed by atoms with E-state index in [0.29, 0.717) is 48.3 Å². The summed E-state index contributed by atoms with van der Waals surface area (Å²) in [7, 11) is 0. The summed E-state index contributed by atoms with van der Waals surface area (Å²) in [6.45, 7) is 4.49. The van der Waals surface area contributed by atoms with Gasteiger partial charge in [-0.1, -0.05) is 13.8 Å². The van der Waals surface area contributed by atoms with Gasteiger partial charge in [0, 0.05) is 18.2 Å². The number of hydrogen-bond donors (Lipinski definition) is 1. The Hall–Kier alpha value is -1.83. The fourth-order valence-corrected chi connectivity index (χ4v) is 4.67. The van der Waals surface area contributed by atoms with E-state index in [4.69, 9.17) is 5.73 Å². The zero-order chi connectivity index (χ0) is 20.0. The monoisotopic (exact) mass is 385 g/mol. The summed E-state index contributed by atoms with van der Waals surface area (Å²) >= 11 is 0. The summed E-state index contributed by atoms with van der Waals surface area (Å²) in [6, 6.07) is 0.976. The zero-order valence-corrected chi connectivity index (χ0v) is 15.7. The van der Waals surface area contributed by atoms with Crippen molar-refractivity contribution in [2.75, 3.05) is 6.54 Å². The van der Waals surface area contributed by atoms with E-state index in [-0.39, 0.29) is 30.5 Å². The molecule has 2 N–H and O–H groups in total. The Morgan fingerprint density at radius 1 is 1.48 bits per heavy atom. The SMILES string of the molecule is CC(C)C[C@]1(C(=O)N2CCc3c(cc(C(F)(F)F)c[n+]3[O-])C2)CC[C@@H](N)C1. The van der Waals surface area contributed by atoms with Crippen LogP contribution in [-0.2, 0) is 23.9 Å². The minimum atomic E-state index is -4.59. The molecule has 1 aliphatic carbocycles. The van der Waals surface area contributed by atoms with Crippen LogP contribution in [0.4, 0.5) is 13.2 Å². The lowest BCUT2D eigenvalue weighted by molar-refractivity contribution is -0.616. The number of fused-ring (bicyclic) bond motifs is 1. The molecule has 3 rings (SSSR count). The summed E-state index contributed by atoms with van der Waals surface area (Å²) < 4.78 is 39.4. The number of aromatic nitrogens is 1. The Labute approximate surface area is 156 Å². The molecular formula is C19H26F3N3O2. The van der Waals surface area contributed by atoms with Gasteiger partial charge in [-0.2, -0.15) is 17.9 Å². The largest absolute Gasteiger partial charge is 0.618 e. The van der Waals surface area contributed by atoms with Crippen molar-refractivity contribution in [1.82, 2.24) is 4.90 Å². The van der Waals surface area contributed by atoms with E-state index in [1.54, 1.807) is 4.90 Å². The van der Waals surface area contributed by atoms with Crippen LogP contribution < -0.4 is 10.5 Å². The van der Waals surface area contributed by atoms with Gasteiger partial charge in [-0.05, 0) is 37.7 Å². The summed E-state index contributed by atoms with van der Waals surface area (Å²) in [4.78, 5) is 15.0. The lowest BCUT2D eigenvalue weighted by Gasteiger charge is -2.37. The first-order chi connectivity index (χ1) is 12.5. The van der Waals surface area contributed by atoms with E-state index in [1.807, 2.05) is 0 Å². The van der Waals surface area contributed by atoms with Gasteiger partial charge in [0.25, 0.3) is 0 Å². The van der Waals surface area contributed by atoms with Gasteiger partial charge in [-0.25, -0.2) is 0 Å². The van der Waals surface area contributed by atoms with Gasteiger partial charge >= 0.3 is 6.18 Å². The average Bonchev–Trinajstić information content (AvgIpc) is 2.93. The quantitative estimate of drug-likeness (QED) is 0.642. The predicted octanol–water partition coefficient (Wildman–Crippen LogP) is 2.77.